The van der Waals surface area contributed by atoms with E-state index in [1.165, 1.54) is 17.7 Å². The van der Waals surface area contributed by atoms with Gasteiger partial charge in [0.2, 0.25) is 5.91 Å². The molecule has 1 fully saturated rings. The Morgan fingerprint density at radius 1 is 1.34 bits per heavy atom. The van der Waals surface area contributed by atoms with Gasteiger partial charge < -0.3 is 26.8 Å². The number of nitrogens with two attached hydrogens (primary N) is 2. The minimum absolute atomic E-state index is 0.00852. The summed E-state index contributed by atoms with van der Waals surface area (Å²) in [5.74, 6) is -0.728. The summed E-state index contributed by atoms with van der Waals surface area (Å²) < 4.78 is 9.80. The van der Waals surface area contributed by atoms with E-state index in [-0.39, 0.29) is 11.5 Å². The largest absolute Gasteiger partial charge is 0.379 e. The first kappa shape index (κ1) is 20.9. The lowest BCUT2D eigenvalue weighted by molar-refractivity contribution is -0.118. The third-order valence-electron chi connectivity index (χ3n) is 4.37. The van der Waals surface area contributed by atoms with E-state index in [0.717, 1.165) is 32.0 Å². The Hall–Kier alpha value is -2.83. The van der Waals surface area contributed by atoms with Gasteiger partial charge in [0.1, 0.15) is 16.9 Å². The number of hydrogen-bond donors (Lipinski definition) is 4. The summed E-state index contributed by atoms with van der Waals surface area (Å²) in [7, 11) is 0. The number of carbonyl (C=O) groups excluding carboxylic acids is 2. The van der Waals surface area contributed by atoms with Crippen LogP contribution in [-0.2, 0) is 16.1 Å². The third kappa shape index (κ3) is 5.59. The van der Waals surface area contributed by atoms with Crippen molar-refractivity contribution in [3.8, 4) is 0 Å². The van der Waals surface area contributed by atoms with Gasteiger partial charge in [-0.15, -0.1) is 0 Å². The highest BCUT2D eigenvalue weighted by molar-refractivity contribution is 7.10. The van der Waals surface area contributed by atoms with Crippen LogP contribution in [0.5, 0.6) is 0 Å². The molecule has 11 nitrogen and oxygen atoms in total. The molecule has 2 amide bonds. The summed E-state index contributed by atoms with van der Waals surface area (Å²) in [6, 6.07) is 1.30. The summed E-state index contributed by atoms with van der Waals surface area (Å²) >= 11 is 1.25. The van der Waals surface area contributed by atoms with Gasteiger partial charge in [-0.25, -0.2) is 9.97 Å². The number of nitrogens with one attached hydrogen (secondary N) is 2. The molecule has 0 radical (unpaired) electrons. The summed E-state index contributed by atoms with van der Waals surface area (Å²) in [6.45, 7) is 5.70. The highest BCUT2D eigenvalue weighted by Gasteiger charge is 2.18. The maximum atomic E-state index is 11.7. The first-order valence-corrected chi connectivity index (χ1v) is 9.99. The van der Waals surface area contributed by atoms with Crippen molar-refractivity contribution >= 4 is 40.0 Å². The number of primary amides is 2. The van der Waals surface area contributed by atoms with Gasteiger partial charge >= 0.3 is 0 Å². The Bertz CT molecular complexity index is 868. The SMILES string of the molecule is CC[C@@H](Nc1cnc(C(N)=O)c(Nc2cc(CN3CCOCC3)ns2)n1)C(N)=O. The van der Waals surface area contributed by atoms with Crippen molar-refractivity contribution in [3.05, 3.63) is 23.7 Å². The molecule has 12 heteroatoms. The van der Waals surface area contributed by atoms with E-state index in [0.29, 0.717) is 23.8 Å². The lowest BCUT2D eigenvalue weighted by Crippen LogP contribution is -2.35. The van der Waals surface area contributed by atoms with Crippen LogP contribution in [0.15, 0.2) is 12.3 Å². The van der Waals surface area contributed by atoms with Gasteiger partial charge in [0.05, 0.1) is 25.1 Å². The number of rotatable bonds is 9. The fraction of sp³-hybridized carbons (Fsp3) is 0.471. The molecule has 0 saturated carbocycles. The molecule has 156 valence electrons. The van der Waals surface area contributed by atoms with E-state index in [4.69, 9.17) is 16.2 Å². The lowest BCUT2D eigenvalue weighted by Gasteiger charge is -2.25. The average molecular weight is 420 g/mol. The summed E-state index contributed by atoms with van der Waals surface area (Å²) in [4.78, 5) is 33.9. The van der Waals surface area contributed by atoms with Crippen LogP contribution in [0.4, 0.5) is 16.6 Å². The molecule has 2 aromatic rings. The lowest BCUT2D eigenvalue weighted by atomic mass is 10.2. The Kier molecular flexibility index (Phi) is 6.90. The average Bonchev–Trinajstić information content (AvgIpc) is 3.13. The molecule has 6 N–H and O–H groups in total. The van der Waals surface area contributed by atoms with Gasteiger partial charge in [-0.3, -0.25) is 14.5 Å². The van der Waals surface area contributed by atoms with Gasteiger partial charge in [0.15, 0.2) is 11.5 Å². The molecule has 0 bridgehead atoms. The Morgan fingerprint density at radius 3 is 2.76 bits per heavy atom. The molecule has 2 aromatic heterocycles. The van der Waals surface area contributed by atoms with Gasteiger partial charge in [-0.2, -0.15) is 4.37 Å². The highest BCUT2D eigenvalue weighted by atomic mass is 32.1. The summed E-state index contributed by atoms with van der Waals surface area (Å²) in [5, 5.41) is 6.66. The molecule has 0 aliphatic carbocycles. The predicted molar refractivity (Wildman–Crippen MR) is 109 cm³/mol. The monoisotopic (exact) mass is 420 g/mol. The number of nitrogens with zero attached hydrogens (tertiary/aromatic N) is 4. The number of aromatic nitrogens is 3. The highest BCUT2D eigenvalue weighted by Crippen LogP contribution is 2.24. The maximum absolute atomic E-state index is 11.7. The van der Waals surface area contributed by atoms with E-state index in [2.05, 4.69) is 29.9 Å². The van der Waals surface area contributed by atoms with E-state index in [1.807, 2.05) is 13.0 Å². The predicted octanol–water partition coefficient (Wildman–Crippen LogP) is 0.284. The van der Waals surface area contributed by atoms with E-state index in [1.54, 1.807) is 0 Å². The first-order chi connectivity index (χ1) is 14.0. The molecule has 3 rings (SSSR count). The van der Waals surface area contributed by atoms with Crippen molar-refractivity contribution in [2.24, 2.45) is 11.5 Å². The fourth-order valence-electron chi connectivity index (χ4n) is 2.83. The standard InChI is InChI=1S/C17H24N8O3S/c1-2-11(15(18)26)21-12-8-20-14(16(19)27)17(22-12)23-13-7-10(24-29-13)9-25-3-5-28-6-4-25/h7-8,11H,2-6,9H2,1H3,(H2,18,26)(H2,19,27)(H2,21,22,23)/t11-/m1/s1. The first-order valence-electron chi connectivity index (χ1n) is 9.21. The molecular weight excluding hydrogens is 396 g/mol. The maximum Gasteiger partial charge on any atom is 0.271 e. The van der Waals surface area contributed by atoms with Crippen molar-refractivity contribution in [2.75, 3.05) is 36.9 Å². The van der Waals surface area contributed by atoms with Crippen molar-refractivity contribution < 1.29 is 14.3 Å². The summed E-state index contributed by atoms with van der Waals surface area (Å²) in [6.07, 6.45) is 1.82. The minimum atomic E-state index is -0.716. The van der Waals surface area contributed by atoms with Crippen molar-refractivity contribution in [2.45, 2.75) is 25.9 Å². The molecular formula is C17H24N8O3S. The van der Waals surface area contributed by atoms with Gasteiger partial charge in [-0.05, 0) is 24.0 Å². The molecule has 3 heterocycles. The Labute approximate surface area is 172 Å². The number of amides is 2. The Morgan fingerprint density at radius 2 is 2.10 bits per heavy atom. The third-order valence-corrected chi connectivity index (χ3v) is 5.11. The van der Waals surface area contributed by atoms with Crippen LogP contribution in [0.2, 0.25) is 0 Å². The van der Waals surface area contributed by atoms with Crippen molar-refractivity contribution in [1.29, 1.82) is 0 Å². The topological polar surface area (TPSA) is 161 Å². The molecule has 29 heavy (non-hydrogen) atoms. The van der Waals surface area contributed by atoms with Crippen LogP contribution in [-0.4, -0.2) is 63.4 Å². The zero-order chi connectivity index (χ0) is 20.8. The van der Waals surface area contributed by atoms with Crippen LogP contribution in [0, 0.1) is 0 Å². The molecule has 1 aliphatic heterocycles. The number of hydrogen-bond acceptors (Lipinski definition) is 10. The molecule has 0 spiro atoms. The zero-order valence-corrected chi connectivity index (χ0v) is 16.9. The second-order valence-electron chi connectivity index (χ2n) is 6.52. The molecule has 1 atom stereocenters. The van der Waals surface area contributed by atoms with Crippen LogP contribution in [0.25, 0.3) is 0 Å². The van der Waals surface area contributed by atoms with Crippen LogP contribution in [0.3, 0.4) is 0 Å². The fourth-order valence-corrected chi connectivity index (χ4v) is 3.49. The minimum Gasteiger partial charge on any atom is -0.379 e. The second kappa shape index (κ2) is 9.58. The second-order valence-corrected chi connectivity index (χ2v) is 7.33. The van der Waals surface area contributed by atoms with E-state index >= 15 is 0 Å². The van der Waals surface area contributed by atoms with Crippen molar-refractivity contribution in [1.82, 2.24) is 19.2 Å². The van der Waals surface area contributed by atoms with Crippen LogP contribution < -0.4 is 22.1 Å². The normalized spacial score (nSPS) is 15.6. The molecule has 0 aromatic carbocycles. The van der Waals surface area contributed by atoms with Gasteiger partial charge in [-0.1, -0.05) is 6.92 Å². The quantitative estimate of drug-likeness (QED) is 0.446. The summed E-state index contributed by atoms with van der Waals surface area (Å²) in [5.41, 5.74) is 11.7. The van der Waals surface area contributed by atoms with Gasteiger partial charge in [0.25, 0.3) is 5.91 Å². The molecule has 1 saturated heterocycles. The van der Waals surface area contributed by atoms with E-state index in [9.17, 15) is 9.59 Å². The number of anilines is 3. The zero-order valence-electron chi connectivity index (χ0n) is 16.1. The van der Waals surface area contributed by atoms with E-state index < -0.39 is 17.9 Å². The van der Waals surface area contributed by atoms with Crippen LogP contribution in [0.1, 0.15) is 29.5 Å². The van der Waals surface area contributed by atoms with Gasteiger partial charge in [0, 0.05) is 19.6 Å². The molecule has 0 unspecified atom stereocenters. The smallest absolute Gasteiger partial charge is 0.271 e. The number of ether oxygens (including phenoxy) is 1. The number of morpholine rings is 1. The Balaban J connectivity index is 1.75. The van der Waals surface area contributed by atoms with Crippen LogP contribution >= 0.6 is 11.5 Å². The van der Waals surface area contributed by atoms with Crippen molar-refractivity contribution in [3.63, 3.8) is 0 Å². The number of carbonyl (C=O) groups is 2. The molecule has 1 aliphatic rings.